The van der Waals surface area contributed by atoms with Gasteiger partial charge in [-0.05, 0) is 83.5 Å². The van der Waals surface area contributed by atoms with Crippen molar-refractivity contribution in [1.29, 1.82) is 0 Å². The van der Waals surface area contributed by atoms with Crippen LogP contribution in [0.4, 0.5) is 0 Å². The Morgan fingerprint density at radius 1 is 0.466 bits per heavy atom. The summed E-state index contributed by atoms with van der Waals surface area (Å²) < 4.78 is 28.4. The topological polar surface area (TPSA) is 175 Å². The first-order chi connectivity index (χ1) is 35.6. The molecule has 0 aliphatic carbocycles. The van der Waals surface area contributed by atoms with Crippen LogP contribution >= 0.6 is 0 Å². The van der Waals surface area contributed by atoms with Crippen LogP contribution in [0.15, 0.2) is 60.8 Å². The van der Waals surface area contributed by atoms with Crippen LogP contribution in [0.1, 0.15) is 252 Å². The van der Waals surface area contributed by atoms with Crippen LogP contribution < -0.4 is 0 Å². The number of carboxylic acid groups (broad SMARTS) is 1. The van der Waals surface area contributed by atoms with E-state index in [9.17, 15) is 34.5 Å². The lowest BCUT2D eigenvalue weighted by molar-refractivity contribution is -0.301. The zero-order valence-corrected chi connectivity index (χ0v) is 46.1. The van der Waals surface area contributed by atoms with Gasteiger partial charge in [-0.1, -0.05) is 210 Å². The zero-order valence-electron chi connectivity index (χ0n) is 46.1. The molecule has 0 saturated carbocycles. The second-order valence-electron chi connectivity index (χ2n) is 19.9. The molecule has 0 aromatic carbocycles. The number of aliphatic hydroxyl groups is 2. The maximum atomic E-state index is 13.1. The van der Waals surface area contributed by atoms with E-state index in [-0.39, 0.29) is 25.9 Å². The third kappa shape index (κ3) is 39.5. The minimum Gasteiger partial charge on any atom is -0.479 e. The largest absolute Gasteiger partial charge is 0.479 e. The highest BCUT2D eigenvalue weighted by molar-refractivity contribution is 5.74. The summed E-state index contributed by atoms with van der Waals surface area (Å²) in [7, 11) is 0. The molecule has 0 amide bonds. The van der Waals surface area contributed by atoms with Gasteiger partial charge in [0.15, 0.2) is 24.6 Å². The van der Waals surface area contributed by atoms with Crippen LogP contribution in [0.5, 0.6) is 0 Å². The molecule has 6 atom stereocenters. The fraction of sp³-hybridized carbons (Fsp3) is 0.770. The fourth-order valence-corrected chi connectivity index (χ4v) is 8.59. The molecule has 0 spiro atoms. The summed E-state index contributed by atoms with van der Waals surface area (Å²) >= 11 is 0. The zero-order chi connectivity index (χ0) is 53.3. The molecule has 12 nitrogen and oxygen atoms in total. The summed E-state index contributed by atoms with van der Waals surface area (Å²) in [6.07, 6.45) is 47.6. The smallest absolute Gasteiger partial charge is 0.335 e. The average Bonchev–Trinajstić information content (AvgIpc) is 3.37. The first-order valence-electron chi connectivity index (χ1n) is 29.3. The first kappa shape index (κ1) is 67.4. The number of rotatable bonds is 49. The van der Waals surface area contributed by atoms with Gasteiger partial charge in [0.1, 0.15) is 18.8 Å². The Bertz CT molecular complexity index is 1500. The lowest BCUT2D eigenvalue weighted by atomic mass is 9.98. The van der Waals surface area contributed by atoms with Gasteiger partial charge in [-0.15, -0.1) is 0 Å². The molecule has 1 saturated heterocycles. The van der Waals surface area contributed by atoms with Gasteiger partial charge in [-0.2, -0.15) is 0 Å². The Morgan fingerprint density at radius 3 is 1.33 bits per heavy atom. The van der Waals surface area contributed by atoms with E-state index in [0.717, 1.165) is 109 Å². The third-order valence-corrected chi connectivity index (χ3v) is 13.1. The summed E-state index contributed by atoms with van der Waals surface area (Å²) in [5.41, 5.74) is 0. The Hall–Kier alpha value is -3.58. The van der Waals surface area contributed by atoms with Gasteiger partial charge in [-0.3, -0.25) is 14.4 Å². The van der Waals surface area contributed by atoms with Crippen molar-refractivity contribution < 1.29 is 58.2 Å². The van der Waals surface area contributed by atoms with Crippen LogP contribution in [0.2, 0.25) is 0 Å². The highest BCUT2D eigenvalue weighted by Gasteiger charge is 2.50. The average molecular weight is 1030 g/mol. The Morgan fingerprint density at radius 2 is 0.863 bits per heavy atom. The minimum absolute atomic E-state index is 0.0320. The monoisotopic (exact) mass is 1030 g/mol. The van der Waals surface area contributed by atoms with Gasteiger partial charge in [0, 0.05) is 19.3 Å². The maximum Gasteiger partial charge on any atom is 0.335 e. The van der Waals surface area contributed by atoms with E-state index >= 15 is 0 Å². The van der Waals surface area contributed by atoms with E-state index in [1.54, 1.807) is 0 Å². The van der Waals surface area contributed by atoms with Crippen molar-refractivity contribution >= 4 is 23.9 Å². The van der Waals surface area contributed by atoms with Crippen molar-refractivity contribution in [2.24, 2.45) is 0 Å². The third-order valence-electron chi connectivity index (χ3n) is 13.1. The molecule has 1 fully saturated rings. The van der Waals surface area contributed by atoms with Crippen molar-refractivity contribution in [3.8, 4) is 0 Å². The number of ether oxygens (including phenoxy) is 5. The summed E-state index contributed by atoms with van der Waals surface area (Å²) in [4.78, 5) is 51.0. The molecular formula is C61H104O12. The molecule has 3 N–H and O–H groups in total. The highest BCUT2D eigenvalue weighted by Crippen LogP contribution is 2.26. The molecular weight excluding hydrogens is 925 g/mol. The van der Waals surface area contributed by atoms with Crippen molar-refractivity contribution in [3.63, 3.8) is 0 Å². The maximum absolute atomic E-state index is 13.1. The van der Waals surface area contributed by atoms with Gasteiger partial charge in [0.05, 0.1) is 6.61 Å². The number of aliphatic carboxylic acids is 1. The molecule has 1 aliphatic rings. The van der Waals surface area contributed by atoms with Gasteiger partial charge >= 0.3 is 23.9 Å². The van der Waals surface area contributed by atoms with Crippen LogP contribution in [0.3, 0.4) is 0 Å². The molecule has 0 bridgehead atoms. The van der Waals surface area contributed by atoms with Gasteiger partial charge < -0.3 is 39.0 Å². The van der Waals surface area contributed by atoms with Crippen molar-refractivity contribution in [2.75, 3.05) is 13.2 Å². The molecule has 420 valence electrons. The minimum atomic E-state index is -1.91. The van der Waals surface area contributed by atoms with Gasteiger partial charge in [-0.25, -0.2) is 4.79 Å². The van der Waals surface area contributed by atoms with Crippen molar-refractivity contribution in [2.45, 2.75) is 289 Å². The van der Waals surface area contributed by atoms with E-state index in [4.69, 9.17) is 23.7 Å². The Balaban J connectivity index is 2.70. The van der Waals surface area contributed by atoms with Crippen LogP contribution in [0.25, 0.3) is 0 Å². The second-order valence-corrected chi connectivity index (χ2v) is 19.9. The van der Waals surface area contributed by atoms with Gasteiger partial charge in [0.25, 0.3) is 0 Å². The lowest BCUT2D eigenvalue weighted by Gasteiger charge is -2.40. The van der Waals surface area contributed by atoms with Crippen LogP contribution in [0, 0.1) is 0 Å². The van der Waals surface area contributed by atoms with Crippen molar-refractivity contribution in [1.82, 2.24) is 0 Å². The summed E-state index contributed by atoms with van der Waals surface area (Å²) in [6, 6.07) is 0. The molecule has 1 rings (SSSR count). The lowest BCUT2D eigenvalue weighted by Crippen LogP contribution is -2.61. The predicted molar refractivity (Wildman–Crippen MR) is 294 cm³/mol. The second kappa shape index (κ2) is 49.3. The summed E-state index contributed by atoms with van der Waals surface area (Å²) in [5.74, 6) is -3.15. The van der Waals surface area contributed by atoms with Crippen LogP contribution in [-0.2, 0) is 42.9 Å². The summed E-state index contributed by atoms with van der Waals surface area (Å²) in [5, 5.41) is 31.4. The molecule has 73 heavy (non-hydrogen) atoms. The van der Waals surface area contributed by atoms with Crippen LogP contribution in [-0.4, -0.2) is 89.2 Å². The molecule has 0 radical (unpaired) electrons. The van der Waals surface area contributed by atoms with E-state index in [1.165, 1.54) is 83.5 Å². The number of unbranched alkanes of at least 4 members (excludes halogenated alkanes) is 25. The number of allylic oxidation sites excluding steroid dienone is 10. The number of hydrogen-bond acceptors (Lipinski definition) is 11. The molecule has 6 unspecified atom stereocenters. The Kier molecular flexibility index (Phi) is 45.5. The predicted octanol–water partition coefficient (Wildman–Crippen LogP) is 14.8. The van der Waals surface area contributed by atoms with E-state index < -0.39 is 67.3 Å². The number of esters is 3. The number of carbonyl (C=O) groups excluding carboxylic acids is 3. The Labute approximate surface area is 443 Å². The standard InChI is InChI=1S/C61H104O12/c1-4-7-10-13-16-19-22-24-26-27-29-31-34-37-40-43-46-49-55(64)72-59-57(66)56(65)58(60(67)68)73-61(59)70-51-52(71-54(63)48-45-42-39-36-32-21-18-15-12-9-6-3)50-69-53(62)47-44-41-38-35-33-30-28-25-23-20-17-14-11-8-5-2/h7,10,16,19,24-26,28-29,31,52,56-59,61,65-66H,4-6,8-9,11-15,17-18,20-23,27,30,32-51H2,1-3H3,(H,67,68)/b10-7-,19-16-,26-24-,28-25-,31-29-. The van der Waals surface area contributed by atoms with Gasteiger partial charge in [0.2, 0.25) is 0 Å². The first-order valence-corrected chi connectivity index (χ1v) is 29.3. The number of carbonyl (C=O) groups is 4. The quantitative estimate of drug-likeness (QED) is 0.0228. The number of aliphatic hydroxyl groups excluding tert-OH is 2. The van der Waals surface area contributed by atoms with E-state index in [2.05, 4.69) is 81.5 Å². The van der Waals surface area contributed by atoms with Crippen molar-refractivity contribution in [3.05, 3.63) is 60.8 Å². The highest BCUT2D eigenvalue weighted by atomic mass is 16.7. The number of hydrogen-bond donors (Lipinski definition) is 3. The SMILES string of the molecule is CC/C=C\C/C=C\C/C=C\C/C=C\CCCCCCC(=O)OC1C(OCC(COC(=O)CCCCCCC/C=C\CCCCCCCC)OC(=O)CCCCCCCCCCCCC)OC(C(=O)O)C(O)C1O. The molecule has 12 heteroatoms. The summed E-state index contributed by atoms with van der Waals surface area (Å²) in [6.45, 7) is 5.85. The molecule has 0 aromatic heterocycles. The van der Waals surface area contributed by atoms with E-state index in [1.807, 2.05) is 0 Å². The number of carboxylic acids is 1. The fourth-order valence-electron chi connectivity index (χ4n) is 8.59. The molecule has 0 aromatic rings. The van der Waals surface area contributed by atoms with E-state index in [0.29, 0.717) is 19.3 Å². The molecule has 1 heterocycles. The molecule has 1 aliphatic heterocycles. The normalized spacial score (nSPS) is 18.7.